The summed E-state index contributed by atoms with van der Waals surface area (Å²) in [6, 6.07) is 0.527. The Balaban J connectivity index is 2.44. The highest BCUT2D eigenvalue weighted by molar-refractivity contribution is 7.80. The molecule has 0 aliphatic heterocycles. The molecule has 0 radical (unpaired) electrons. The van der Waals surface area contributed by atoms with Gasteiger partial charge in [0.2, 0.25) is 0 Å². The number of methoxy groups -OCH3 is 1. The summed E-state index contributed by atoms with van der Waals surface area (Å²) in [7, 11) is 1.67. The van der Waals surface area contributed by atoms with Crippen LogP contribution in [0.2, 0.25) is 0 Å². The van der Waals surface area contributed by atoms with E-state index < -0.39 is 0 Å². The van der Waals surface area contributed by atoms with Gasteiger partial charge < -0.3 is 15.4 Å². The first-order chi connectivity index (χ1) is 8.02. The zero-order chi connectivity index (χ0) is 12.8. The topological polar surface area (TPSA) is 51.1 Å². The molecule has 5 nitrogen and oxygen atoms in total. The molecule has 0 spiro atoms. The zero-order valence-electron chi connectivity index (χ0n) is 10.7. The lowest BCUT2D eigenvalue weighted by molar-refractivity contribution is 0.179. The second kappa shape index (κ2) is 6.56. The fourth-order valence-corrected chi connectivity index (χ4v) is 1.69. The number of aromatic nitrogens is 2. The minimum absolute atomic E-state index is 0.181. The highest BCUT2D eigenvalue weighted by Gasteiger charge is 2.06. The minimum atomic E-state index is 0.181. The Labute approximate surface area is 108 Å². The first kappa shape index (κ1) is 13.9. The molecule has 0 bridgehead atoms. The van der Waals surface area contributed by atoms with Crippen LogP contribution in [-0.4, -0.2) is 34.7 Å². The molecule has 0 amide bonds. The van der Waals surface area contributed by atoms with E-state index >= 15 is 0 Å². The van der Waals surface area contributed by atoms with Gasteiger partial charge in [0.1, 0.15) is 0 Å². The Morgan fingerprint density at radius 1 is 1.53 bits per heavy atom. The molecule has 96 valence electrons. The van der Waals surface area contributed by atoms with Crippen molar-refractivity contribution >= 4 is 23.0 Å². The Morgan fingerprint density at radius 2 is 2.24 bits per heavy atom. The summed E-state index contributed by atoms with van der Waals surface area (Å²) in [6.45, 7) is 6.78. The minimum Gasteiger partial charge on any atom is -0.383 e. The van der Waals surface area contributed by atoms with Crippen molar-refractivity contribution in [3.8, 4) is 0 Å². The first-order valence-electron chi connectivity index (χ1n) is 5.63. The smallest absolute Gasteiger partial charge is 0.171 e. The third kappa shape index (κ3) is 4.70. The third-order valence-electron chi connectivity index (χ3n) is 2.18. The third-order valence-corrected chi connectivity index (χ3v) is 2.40. The average molecular weight is 256 g/mol. The standard InChI is InChI=1S/C11H20N4OS/c1-8(2)15-6-10(5-12-15)14-11(17)13-9(3)7-16-4/h5-6,8-9H,7H2,1-4H3,(H2,13,14,17). The van der Waals surface area contributed by atoms with E-state index in [9.17, 15) is 0 Å². The number of nitrogens with one attached hydrogen (secondary N) is 2. The Morgan fingerprint density at radius 3 is 2.76 bits per heavy atom. The van der Waals surface area contributed by atoms with Crippen LogP contribution in [0.5, 0.6) is 0 Å². The van der Waals surface area contributed by atoms with E-state index in [0.717, 1.165) is 5.69 Å². The molecule has 0 aliphatic carbocycles. The van der Waals surface area contributed by atoms with E-state index in [2.05, 4.69) is 29.6 Å². The van der Waals surface area contributed by atoms with Crippen molar-refractivity contribution in [1.82, 2.24) is 15.1 Å². The number of nitrogens with zero attached hydrogens (tertiary/aromatic N) is 2. The van der Waals surface area contributed by atoms with Crippen LogP contribution in [0.25, 0.3) is 0 Å². The molecule has 0 saturated carbocycles. The lowest BCUT2D eigenvalue weighted by Gasteiger charge is -2.15. The fraction of sp³-hybridized carbons (Fsp3) is 0.636. The van der Waals surface area contributed by atoms with E-state index in [0.29, 0.717) is 17.8 Å². The molecule has 1 atom stereocenters. The predicted octanol–water partition coefficient (Wildman–Crippen LogP) is 1.79. The van der Waals surface area contributed by atoms with Crippen molar-refractivity contribution in [1.29, 1.82) is 0 Å². The predicted molar refractivity (Wildman–Crippen MR) is 73.3 cm³/mol. The quantitative estimate of drug-likeness (QED) is 0.787. The zero-order valence-corrected chi connectivity index (χ0v) is 11.5. The summed E-state index contributed by atoms with van der Waals surface area (Å²) in [5.74, 6) is 0. The van der Waals surface area contributed by atoms with E-state index in [1.165, 1.54) is 0 Å². The Hall–Kier alpha value is -1.14. The molecule has 2 N–H and O–H groups in total. The summed E-state index contributed by atoms with van der Waals surface area (Å²) >= 11 is 5.19. The van der Waals surface area contributed by atoms with Crippen LogP contribution < -0.4 is 10.6 Å². The van der Waals surface area contributed by atoms with E-state index in [1.807, 2.05) is 17.8 Å². The van der Waals surface area contributed by atoms with Gasteiger partial charge >= 0.3 is 0 Å². The van der Waals surface area contributed by atoms with Crippen LogP contribution in [-0.2, 0) is 4.74 Å². The second-order valence-electron chi connectivity index (χ2n) is 4.26. The Kier molecular flexibility index (Phi) is 5.37. The van der Waals surface area contributed by atoms with Gasteiger partial charge in [0.25, 0.3) is 0 Å². The molecule has 0 saturated heterocycles. The maximum absolute atomic E-state index is 5.19. The second-order valence-corrected chi connectivity index (χ2v) is 4.67. The molecule has 1 aromatic heterocycles. The van der Waals surface area contributed by atoms with Crippen LogP contribution >= 0.6 is 12.2 Å². The molecular formula is C11H20N4OS. The van der Waals surface area contributed by atoms with Crippen molar-refractivity contribution in [2.45, 2.75) is 32.9 Å². The summed E-state index contributed by atoms with van der Waals surface area (Å²) in [5, 5.41) is 11.0. The van der Waals surface area contributed by atoms with Crippen molar-refractivity contribution < 1.29 is 4.74 Å². The Bertz CT molecular complexity index is 364. The van der Waals surface area contributed by atoms with Crippen LogP contribution in [0, 0.1) is 0 Å². The van der Waals surface area contributed by atoms with Gasteiger partial charge in [-0.15, -0.1) is 0 Å². The SMILES string of the molecule is COCC(C)NC(=S)Nc1cnn(C(C)C)c1. The number of anilines is 1. The summed E-state index contributed by atoms with van der Waals surface area (Å²) in [4.78, 5) is 0. The van der Waals surface area contributed by atoms with Crippen molar-refractivity contribution in [3.63, 3.8) is 0 Å². The number of thiocarbonyl (C=S) groups is 1. The number of ether oxygens (including phenoxy) is 1. The van der Waals surface area contributed by atoms with Crippen LogP contribution in [0.3, 0.4) is 0 Å². The highest BCUT2D eigenvalue weighted by atomic mass is 32.1. The van der Waals surface area contributed by atoms with Gasteiger partial charge in [-0.2, -0.15) is 5.10 Å². The largest absolute Gasteiger partial charge is 0.383 e. The number of hydrogen-bond acceptors (Lipinski definition) is 3. The lowest BCUT2D eigenvalue weighted by Crippen LogP contribution is -2.38. The first-order valence-corrected chi connectivity index (χ1v) is 6.04. The molecule has 0 aliphatic rings. The molecule has 0 fully saturated rings. The molecule has 1 aromatic rings. The lowest BCUT2D eigenvalue weighted by atomic mass is 10.4. The molecule has 1 unspecified atom stereocenters. The monoisotopic (exact) mass is 256 g/mol. The van der Waals surface area contributed by atoms with Gasteiger partial charge in [0.05, 0.1) is 18.5 Å². The summed E-state index contributed by atoms with van der Waals surface area (Å²) in [6.07, 6.45) is 3.69. The molecule has 6 heteroatoms. The van der Waals surface area contributed by atoms with Gasteiger partial charge in [-0.25, -0.2) is 0 Å². The van der Waals surface area contributed by atoms with Crippen LogP contribution in [0.15, 0.2) is 12.4 Å². The van der Waals surface area contributed by atoms with Gasteiger partial charge in [-0.3, -0.25) is 4.68 Å². The maximum atomic E-state index is 5.19. The van der Waals surface area contributed by atoms with Crippen LogP contribution in [0.4, 0.5) is 5.69 Å². The normalized spacial score (nSPS) is 12.5. The number of rotatable bonds is 5. The maximum Gasteiger partial charge on any atom is 0.171 e. The van der Waals surface area contributed by atoms with Gasteiger partial charge in [-0.05, 0) is 33.0 Å². The van der Waals surface area contributed by atoms with Gasteiger partial charge in [0, 0.05) is 25.4 Å². The van der Waals surface area contributed by atoms with Gasteiger partial charge in [-0.1, -0.05) is 0 Å². The molecule has 1 rings (SSSR count). The van der Waals surface area contributed by atoms with Gasteiger partial charge in [0.15, 0.2) is 5.11 Å². The highest BCUT2D eigenvalue weighted by Crippen LogP contribution is 2.09. The molecule has 0 aromatic carbocycles. The van der Waals surface area contributed by atoms with E-state index in [-0.39, 0.29) is 6.04 Å². The van der Waals surface area contributed by atoms with E-state index in [1.54, 1.807) is 13.3 Å². The van der Waals surface area contributed by atoms with Crippen molar-refractivity contribution in [2.24, 2.45) is 0 Å². The number of hydrogen-bond donors (Lipinski definition) is 2. The van der Waals surface area contributed by atoms with Crippen molar-refractivity contribution in [3.05, 3.63) is 12.4 Å². The summed E-state index contributed by atoms with van der Waals surface area (Å²) < 4.78 is 6.90. The molecule has 17 heavy (non-hydrogen) atoms. The fourth-order valence-electron chi connectivity index (χ4n) is 1.37. The van der Waals surface area contributed by atoms with Crippen molar-refractivity contribution in [2.75, 3.05) is 19.0 Å². The average Bonchev–Trinajstić information content (AvgIpc) is 2.66. The molecular weight excluding hydrogens is 236 g/mol. The summed E-state index contributed by atoms with van der Waals surface area (Å²) in [5.41, 5.74) is 0.890. The van der Waals surface area contributed by atoms with Crippen LogP contribution in [0.1, 0.15) is 26.8 Å². The van der Waals surface area contributed by atoms with E-state index in [4.69, 9.17) is 17.0 Å². The molecule has 1 heterocycles.